The van der Waals surface area contributed by atoms with Crippen LogP contribution in [0.25, 0.3) is 11.2 Å². The van der Waals surface area contributed by atoms with Gasteiger partial charge in [-0.1, -0.05) is 12.6 Å². The zero-order valence-electron chi connectivity index (χ0n) is 5.29. The maximum absolute atomic E-state index is 10.7. The monoisotopic (exact) mass is 167 g/mol. The van der Waals surface area contributed by atoms with Crippen molar-refractivity contribution < 1.29 is 0 Å². The summed E-state index contributed by atoms with van der Waals surface area (Å²) >= 11 is 4.83. The van der Waals surface area contributed by atoms with E-state index >= 15 is 0 Å². The van der Waals surface area contributed by atoms with E-state index in [1.807, 2.05) is 0 Å². The quantitative estimate of drug-likeness (QED) is 0.550. The molecule has 0 unspecified atom stereocenters. The number of hydrogen-bond donors (Lipinski definition) is 2. The first-order valence-corrected chi connectivity index (χ1v) is 3.28. The Labute approximate surface area is 66.3 Å². The van der Waals surface area contributed by atoms with Gasteiger partial charge in [0.15, 0.2) is 5.65 Å². The molecule has 0 saturated carbocycles. The molecule has 0 saturated heterocycles. The smallest absolute Gasteiger partial charge is 0.341 e. The summed E-state index contributed by atoms with van der Waals surface area (Å²) in [4.78, 5) is 23.2. The Bertz CT molecular complexity index is 445. The lowest BCUT2D eigenvalue weighted by Gasteiger charge is -1.88. The van der Waals surface area contributed by atoms with Crippen molar-refractivity contribution in [2.45, 2.75) is 5.03 Å². The fraction of sp³-hybridized carbons (Fsp3) is 0. The van der Waals surface area contributed by atoms with Crippen LogP contribution in [0.3, 0.4) is 0 Å². The first kappa shape index (κ1) is 6.29. The number of hydrogen-bond acceptors (Lipinski definition) is 3. The van der Waals surface area contributed by atoms with Crippen LogP contribution in [0.15, 0.2) is 16.1 Å². The summed E-state index contributed by atoms with van der Waals surface area (Å²) in [6.07, 6.45) is 1.45. The Morgan fingerprint density at radius 1 is 1.55 bits per heavy atom. The second-order valence-corrected chi connectivity index (χ2v) is 2.38. The Morgan fingerprint density at radius 2 is 2.36 bits per heavy atom. The number of imidazole rings is 1. The topological polar surface area (TPSA) is 74.4 Å². The van der Waals surface area contributed by atoms with Gasteiger partial charge in [0.2, 0.25) is 0 Å². The lowest BCUT2D eigenvalue weighted by Crippen LogP contribution is -2.09. The molecule has 2 aromatic heterocycles. The van der Waals surface area contributed by atoms with Crippen LogP contribution in [0.1, 0.15) is 0 Å². The number of nitrogens with one attached hydrogen (secondary N) is 2. The van der Waals surface area contributed by atoms with Gasteiger partial charge in [-0.15, -0.1) is 0 Å². The molecule has 2 rings (SSSR count). The van der Waals surface area contributed by atoms with Gasteiger partial charge in [0.05, 0.1) is 6.33 Å². The molecular weight excluding hydrogens is 164 g/mol. The van der Waals surface area contributed by atoms with Crippen LogP contribution in [0.2, 0.25) is 0 Å². The minimum absolute atomic E-state index is 0.345. The molecule has 0 spiro atoms. The molecule has 0 aliphatic heterocycles. The molecule has 5 nitrogen and oxygen atoms in total. The third-order valence-corrected chi connectivity index (χ3v) is 1.58. The summed E-state index contributed by atoms with van der Waals surface area (Å²) in [5.74, 6) is 0. The zero-order valence-corrected chi connectivity index (χ0v) is 6.10. The first-order valence-electron chi connectivity index (χ1n) is 2.88. The summed E-state index contributed by atoms with van der Waals surface area (Å²) in [5, 5.41) is 0.345. The van der Waals surface area contributed by atoms with Crippen LogP contribution in [-0.2, 0) is 0 Å². The van der Waals surface area contributed by atoms with Crippen LogP contribution in [0, 0.1) is 0 Å². The second kappa shape index (κ2) is 2.03. The van der Waals surface area contributed by atoms with E-state index in [9.17, 15) is 4.79 Å². The van der Waals surface area contributed by atoms with Gasteiger partial charge in [-0.25, -0.2) is 9.78 Å². The van der Waals surface area contributed by atoms with Gasteiger partial charge in [0, 0.05) is 0 Å². The van der Waals surface area contributed by atoms with Gasteiger partial charge in [-0.2, -0.15) is 4.98 Å². The highest BCUT2D eigenvalue weighted by atomic mass is 32.1. The summed E-state index contributed by atoms with van der Waals surface area (Å²) in [5.41, 5.74) is 0.493. The van der Waals surface area contributed by atoms with Gasteiger partial charge in [0.25, 0.3) is 0 Å². The van der Waals surface area contributed by atoms with E-state index in [0.717, 1.165) is 0 Å². The summed E-state index contributed by atoms with van der Waals surface area (Å²) in [7, 11) is 0. The van der Waals surface area contributed by atoms with E-state index in [-0.39, 0.29) is 0 Å². The van der Waals surface area contributed by atoms with Crippen molar-refractivity contribution >= 4 is 23.8 Å². The molecule has 1 radical (unpaired) electrons. The van der Waals surface area contributed by atoms with Gasteiger partial charge in [-0.05, 0) is 0 Å². The number of aromatic amines is 2. The molecule has 0 aromatic carbocycles. The van der Waals surface area contributed by atoms with Crippen LogP contribution in [0.4, 0.5) is 0 Å². The van der Waals surface area contributed by atoms with E-state index in [4.69, 9.17) is 12.6 Å². The minimum Gasteiger partial charge on any atom is -0.341 e. The Kier molecular flexibility index (Phi) is 1.16. The molecule has 0 fully saturated rings. The Morgan fingerprint density at radius 3 is 3.18 bits per heavy atom. The van der Waals surface area contributed by atoms with Crippen molar-refractivity contribution in [3.63, 3.8) is 0 Å². The molecule has 6 heteroatoms. The number of H-pyrrole nitrogens is 2. The third-order valence-electron chi connectivity index (χ3n) is 1.27. The van der Waals surface area contributed by atoms with Crippen LogP contribution < -0.4 is 5.69 Å². The average Bonchev–Trinajstić information content (AvgIpc) is 2.34. The van der Waals surface area contributed by atoms with Crippen molar-refractivity contribution in [3.05, 3.63) is 16.8 Å². The van der Waals surface area contributed by atoms with Crippen molar-refractivity contribution in [2.75, 3.05) is 0 Å². The average molecular weight is 167 g/mol. The molecule has 0 atom stereocenters. The molecule has 11 heavy (non-hydrogen) atoms. The molecule has 2 N–H and O–H groups in total. The maximum atomic E-state index is 10.7. The third kappa shape index (κ3) is 0.874. The van der Waals surface area contributed by atoms with Crippen LogP contribution >= 0.6 is 12.6 Å². The summed E-state index contributed by atoms with van der Waals surface area (Å²) in [6.45, 7) is 0. The molecule has 0 amide bonds. The highest BCUT2D eigenvalue weighted by Crippen LogP contribution is 2.09. The highest BCUT2D eigenvalue weighted by molar-refractivity contribution is 7.80. The van der Waals surface area contributed by atoms with Gasteiger partial charge in [0.1, 0.15) is 10.5 Å². The molecular formula is C5H3N4OS. The zero-order chi connectivity index (χ0) is 7.84. The Hall–Kier alpha value is -1.43. The van der Waals surface area contributed by atoms with Crippen LogP contribution in [-0.4, -0.2) is 19.9 Å². The molecule has 0 bridgehead atoms. The van der Waals surface area contributed by atoms with Crippen molar-refractivity contribution in [2.24, 2.45) is 0 Å². The number of fused-ring (bicyclic) bond motifs is 1. The van der Waals surface area contributed by atoms with E-state index in [1.54, 1.807) is 0 Å². The Balaban J connectivity index is 3.02. The number of aromatic nitrogens is 4. The van der Waals surface area contributed by atoms with Crippen molar-refractivity contribution in [3.8, 4) is 0 Å². The predicted molar refractivity (Wildman–Crippen MR) is 40.4 cm³/mol. The largest absolute Gasteiger partial charge is 0.348 e. The van der Waals surface area contributed by atoms with Gasteiger partial charge >= 0.3 is 5.69 Å². The fourth-order valence-electron chi connectivity index (χ4n) is 0.823. The van der Waals surface area contributed by atoms with Crippen molar-refractivity contribution in [1.82, 2.24) is 19.9 Å². The van der Waals surface area contributed by atoms with E-state index in [1.165, 1.54) is 6.33 Å². The van der Waals surface area contributed by atoms with E-state index in [0.29, 0.717) is 16.2 Å². The maximum Gasteiger partial charge on any atom is 0.348 e. The van der Waals surface area contributed by atoms with Crippen LogP contribution in [0.5, 0.6) is 0 Å². The SMILES string of the molecule is O=c1nc2nc[nH]c2c([S])[nH]1. The molecule has 0 aliphatic rings. The van der Waals surface area contributed by atoms with Crippen molar-refractivity contribution in [1.29, 1.82) is 0 Å². The number of rotatable bonds is 0. The number of nitrogens with zero attached hydrogens (tertiary/aromatic N) is 2. The standard InChI is InChI=1S/C5H3N4OS/c10-5-8-3-2(4(11)9-5)6-1-7-3/h1H,(H2,6,7,8,9,10). The fourth-order valence-corrected chi connectivity index (χ4v) is 1.06. The minimum atomic E-state index is -0.463. The van der Waals surface area contributed by atoms with Gasteiger partial charge < -0.3 is 4.98 Å². The summed E-state index contributed by atoms with van der Waals surface area (Å²) < 4.78 is 0. The first-order chi connectivity index (χ1) is 5.27. The van der Waals surface area contributed by atoms with E-state index in [2.05, 4.69) is 19.9 Å². The lowest BCUT2D eigenvalue weighted by molar-refractivity contribution is 1.02. The molecule has 2 aromatic rings. The van der Waals surface area contributed by atoms with Gasteiger partial charge in [-0.3, -0.25) is 4.98 Å². The molecule has 2 heterocycles. The molecule has 55 valence electrons. The normalized spacial score (nSPS) is 10.5. The van der Waals surface area contributed by atoms with E-state index < -0.39 is 5.69 Å². The summed E-state index contributed by atoms with van der Waals surface area (Å²) in [6, 6.07) is 0. The predicted octanol–water partition coefficient (Wildman–Crippen LogP) is 0.203. The highest BCUT2D eigenvalue weighted by Gasteiger charge is 2.02. The molecule has 0 aliphatic carbocycles. The lowest BCUT2D eigenvalue weighted by atomic mass is 10.6. The second-order valence-electron chi connectivity index (χ2n) is 1.97.